The number of benzene rings is 1. The Morgan fingerprint density at radius 2 is 1.94 bits per heavy atom. The van der Waals surface area contributed by atoms with Crippen LogP contribution in [0.15, 0.2) is 18.2 Å². The smallest absolute Gasteiger partial charge is 0.146 e. The van der Waals surface area contributed by atoms with E-state index in [1.807, 2.05) is 18.0 Å². The third-order valence-electron chi connectivity index (χ3n) is 3.46. The second-order valence-electron chi connectivity index (χ2n) is 5.64. The van der Waals surface area contributed by atoms with Crippen LogP contribution in [0.25, 0.3) is 0 Å². The number of anilines is 1. The maximum atomic E-state index is 13.9. The van der Waals surface area contributed by atoms with Crippen LogP contribution in [0.5, 0.6) is 0 Å². The van der Waals surface area contributed by atoms with Crippen LogP contribution in [0.3, 0.4) is 0 Å². The number of nitrogens with zero attached hydrogens (tertiary/aromatic N) is 1. The van der Waals surface area contributed by atoms with Gasteiger partial charge in [-0.2, -0.15) is 0 Å². The first-order valence-corrected chi connectivity index (χ1v) is 5.98. The molecule has 1 unspecified atom stereocenters. The van der Waals surface area contributed by atoms with Gasteiger partial charge in [0.15, 0.2) is 0 Å². The van der Waals surface area contributed by atoms with E-state index in [-0.39, 0.29) is 17.3 Å². The largest absolute Gasteiger partial charge is 0.369 e. The third kappa shape index (κ3) is 3.19. The third-order valence-corrected chi connectivity index (χ3v) is 3.46. The summed E-state index contributed by atoms with van der Waals surface area (Å²) in [5.41, 5.74) is 7.05. The van der Waals surface area contributed by atoms with Crippen LogP contribution in [-0.4, -0.2) is 13.1 Å². The van der Waals surface area contributed by atoms with Crippen molar-refractivity contribution < 1.29 is 4.39 Å². The van der Waals surface area contributed by atoms with Gasteiger partial charge in [-0.3, -0.25) is 0 Å². The molecule has 1 atom stereocenters. The van der Waals surface area contributed by atoms with Gasteiger partial charge in [0.2, 0.25) is 0 Å². The normalized spacial score (nSPS) is 13.6. The summed E-state index contributed by atoms with van der Waals surface area (Å²) >= 11 is 0. The molecule has 96 valence electrons. The molecule has 0 spiro atoms. The van der Waals surface area contributed by atoms with Crippen molar-refractivity contribution in [1.29, 1.82) is 0 Å². The Kier molecular flexibility index (Phi) is 4.15. The monoisotopic (exact) mass is 238 g/mol. The molecule has 1 aromatic rings. The Labute approximate surface area is 104 Å². The quantitative estimate of drug-likeness (QED) is 0.876. The summed E-state index contributed by atoms with van der Waals surface area (Å²) < 4.78 is 13.9. The SMILES string of the molecule is CC(N(C)c1ccc(CN)cc1F)C(C)(C)C. The first kappa shape index (κ1) is 14.0. The van der Waals surface area contributed by atoms with Crippen LogP contribution in [-0.2, 0) is 6.54 Å². The van der Waals surface area contributed by atoms with Crippen LogP contribution in [0.1, 0.15) is 33.3 Å². The van der Waals surface area contributed by atoms with Crippen LogP contribution in [0, 0.1) is 11.2 Å². The molecule has 0 bridgehead atoms. The van der Waals surface area contributed by atoms with Crippen molar-refractivity contribution in [1.82, 2.24) is 0 Å². The zero-order valence-corrected chi connectivity index (χ0v) is 11.4. The van der Waals surface area contributed by atoms with Gasteiger partial charge in [0, 0.05) is 19.6 Å². The van der Waals surface area contributed by atoms with E-state index < -0.39 is 0 Å². The van der Waals surface area contributed by atoms with E-state index in [9.17, 15) is 4.39 Å². The van der Waals surface area contributed by atoms with Gasteiger partial charge >= 0.3 is 0 Å². The average Bonchev–Trinajstić information content (AvgIpc) is 2.25. The van der Waals surface area contributed by atoms with Crippen molar-refractivity contribution in [2.75, 3.05) is 11.9 Å². The predicted molar refractivity (Wildman–Crippen MR) is 71.6 cm³/mol. The summed E-state index contributed by atoms with van der Waals surface area (Å²) in [6, 6.07) is 5.45. The number of hydrogen-bond acceptors (Lipinski definition) is 2. The molecule has 0 aliphatic rings. The van der Waals surface area contributed by atoms with E-state index in [4.69, 9.17) is 5.73 Å². The number of rotatable bonds is 3. The molecule has 0 radical (unpaired) electrons. The fraction of sp³-hybridized carbons (Fsp3) is 0.571. The standard InChI is InChI=1S/C14H23FN2/c1-10(14(2,3)4)17(5)13-7-6-11(9-16)8-12(13)15/h6-8,10H,9,16H2,1-5H3. The van der Waals surface area contributed by atoms with E-state index in [1.54, 1.807) is 6.07 Å². The van der Waals surface area contributed by atoms with Gasteiger partial charge in [0.25, 0.3) is 0 Å². The Morgan fingerprint density at radius 3 is 2.35 bits per heavy atom. The summed E-state index contributed by atoms with van der Waals surface area (Å²) in [4.78, 5) is 1.98. The minimum Gasteiger partial charge on any atom is -0.369 e. The molecule has 0 heterocycles. The van der Waals surface area contributed by atoms with Crippen LogP contribution in [0.4, 0.5) is 10.1 Å². The highest BCUT2D eigenvalue weighted by Crippen LogP contribution is 2.29. The molecule has 2 nitrogen and oxygen atoms in total. The van der Waals surface area contributed by atoms with Gasteiger partial charge in [-0.25, -0.2) is 4.39 Å². The molecule has 0 aliphatic heterocycles. The van der Waals surface area contributed by atoms with Gasteiger partial charge in [-0.1, -0.05) is 26.8 Å². The molecular formula is C14H23FN2. The molecule has 0 fully saturated rings. The van der Waals surface area contributed by atoms with Crippen molar-refractivity contribution >= 4 is 5.69 Å². The van der Waals surface area contributed by atoms with Crippen molar-refractivity contribution in [2.45, 2.75) is 40.3 Å². The Morgan fingerprint density at radius 1 is 1.35 bits per heavy atom. The van der Waals surface area contributed by atoms with E-state index in [2.05, 4.69) is 27.7 Å². The maximum Gasteiger partial charge on any atom is 0.146 e. The van der Waals surface area contributed by atoms with Crippen LogP contribution in [0.2, 0.25) is 0 Å². The first-order chi connectivity index (χ1) is 7.77. The second kappa shape index (κ2) is 5.05. The molecule has 0 amide bonds. The lowest BCUT2D eigenvalue weighted by Crippen LogP contribution is -2.39. The summed E-state index contributed by atoms with van der Waals surface area (Å²) in [5.74, 6) is -0.202. The van der Waals surface area contributed by atoms with Gasteiger partial charge in [0.05, 0.1) is 5.69 Å². The molecule has 3 heteroatoms. The zero-order chi connectivity index (χ0) is 13.2. The first-order valence-electron chi connectivity index (χ1n) is 5.98. The predicted octanol–water partition coefficient (Wildman–Crippen LogP) is 3.16. The Hall–Kier alpha value is -1.09. The molecule has 2 N–H and O–H groups in total. The van der Waals surface area contributed by atoms with Crippen molar-refractivity contribution in [2.24, 2.45) is 11.1 Å². The number of halogens is 1. The Bertz CT molecular complexity index is 382. The summed E-state index contributed by atoms with van der Waals surface area (Å²) in [6.07, 6.45) is 0. The lowest BCUT2D eigenvalue weighted by molar-refractivity contribution is 0.328. The fourth-order valence-electron chi connectivity index (χ4n) is 1.75. The molecule has 1 rings (SSSR count). The highest BCUT2D eigenvalue weighted by Gasteiger charge is 2.25. The summed E-state index contributed by atoms with van der Waals surface area (Å²) in [6.45, 7) is 8.94. The number of nitrogens with two attached hydrogens (primary N) is 1. The highest BCUT2D eigenvalue weighted by molar-refractivity contribution is 5.49. The van der Waals surface area contributed by atoms with Gasteiger partial charge in [0.1, 0.15) is 5.82 Å². The Balaban J connectivity index is 3.01. The van der Waals surface area contributed by atoms with E-state index >= 15 is 0 Å². The second-order valence-corrected chi connectivity index (χ2v) is 5.64. The maximum absolute atomic E-state index is 13.9. The van der Waals surface area contributed by atoms with E-state index in [1.165, 1.54) is 6.07 Å². The molecule has 0 saturated carbocycles. The minimum atomic E-state index is -0.202. The van der Waals surface area contributed by atoms with Gasteiger partial charge < -0.3 is 10.6 Å². The fourth-order valence-corrected chi connectivity index (χ4v) is 1.75. The zero-order valence-electron chi connectivity index (χ0n) is 11.4. The molecular weight excluding hydrogens is 215 g/mol. The lowest BCUT2D eigenvalue weighted by atomic mass is 9.87. The molecule has 1 aromatic carbocycles. The average molecular weight is 238 g/mol. The lowest BCUT2D eigenvalue weighted by Gasteiger charge is -2.37. The van der Waals surface area contributed by atoms with E-state index in [0.29, 0.717) is 12.2 Å². The van der Waals surface area contributed by atoms with Crippen molar-refractivity contribution in [3.05, 3.63) is 29.6 Å². The van der Waals surface area contributed by atoms with Crippen molar-refractivity contribution in [3.63, 3.8) is 0 Å². The van der Waals surface area contributed by atoms with Crippen LogP contribution < -0.4 is 10.6 Å². The number of hydrogen-bond donors (Lipinski definition) is 1. The molecule has 0 saturated heterocycles. The molecule has 17 heavy (non-hydrogen) atoms. The van der Waals surface area contributed by atoms with Gasteiger partial charge in [-0.15, -0.1) is 0 Å². The molecule has 0 aromatic heterocycles. The summed E-state index contributed by atoms with van der Waals surface area (Å²) in [5, 5.41) is 0. The topological polar surface area (TPSA) is 29.3 Å². The van der Waals surface area contributed by atoms with E-state index in [0.717, 1.165) is 5.56 Å². The van der Waals surface area contributed by atoms with Crippen molar-refractivity contribution in [3.8, 4) is 0 Å². The van der Waals surface area contributed by atoms with Gasteiger partial charge in [-0.05, 0) is 30.0 Å². The minimum absolute atomic E-state index is 0.105. The van der Waals surface area contributed by atoms with Crippen LogP contribution >= 0.6 is 0 Å². The summed E-state index contributed by atoms with van der Waals surface area (Å²) in [7, 11) is 1.93. The molecule has 0 aliphatic carbocycles. The highest BCUT2D eigenvalue weighted by atomic mass is 19.1.